The summed E-state index contributed by atoms with van der Waals surface area (Å²) in [7, 11) is 0. The molecular formula is C22H27N7. The van der Waals surface area contributed by atoms with Crippen LogP contribution in [0, 0.1) is 5.41 Å². The lowest BCUT2D eigenvalue weighted by atomic mass is 9.78. The number of fused-ring (bicyclic) bond motifs is 1. The molecule has 2 aliphatic heterocycles. The fourth-order valence-corrected chi connectivity index (χ4v) is 4.84. The molecule has 0 radical (unpaired) electrons. The molecule has 1 spiro atoms. The van der Waals surface area contributed by atoms with E-state index in [4.69, 9.17) is 15.7 Å². The molecule has 7 nitrogen and oxygen atoms in total. The number of likely N-dealkylation sites (tertiary alicyclic amines) is 1. The molecule has 150 valence electrons. The van der Waals surface area contributed by atoms with Gasteiger partial charge in [0.15, 0.2) is 5.82 Å². The lowest BCUT2D eigenvalue weighted by Crippen LogP contribution is -2.42. The van der Waals surface area contributed by atoms with Gasteiger partial charge in [-0.1, -0.05) is 0 Å². The van der Waals surface area contributed by atoms with E-state index in [-0.39, 0.29) is 0 Å². The lowest BCUT2D eigenvalue weighted by Gasteiger charge is -2.40. The first kappa shape index (κ1) is 18.4. The summed E-state index contributed by atoms with van der Waals surface area (Å²) in [6.45, 7) is 6.20. The van der Waals surface area contributed by atoms with Crippen molar-refractivity contribution in [2.24, 2.45) is 11.1 Å². The van der Waals surface area contributed by atoms with E-state index in [1.54, 1.807) is 12.4 Å². The van der Waals surface area contributed by atoms with Crippen LogP contribution in [-0.2, 0) is 0 Å². The Morgan fingerprint density at radius 2 is 1.69 bits per heavy atom. The Morgan fingerprint density at radius 1 is 0.931 bits per heavy atom. The smallest absolute Gasteiger partial charge is 0.162 e. The summed E-state index contributed by atoms with van der Waals surface area (Å²) in [4.78, 5) is 23.1. The zero-order chi connectivity index (χ0) is 19.7. The van der Waals surface area contributed by atoms with Crippen molar-refractivity contribution in [2.45, 2.75) is 19.3 Å². The van der Waals surface area contributed by atoms with E-state index in [0.717, 1.165) is 54.3 Å². The SMILES string of the molecule is NCCN1CCC2(CCN(c3nc(-c4ccncc4)nc4cnccc34)CC2)C1. The number of rotatable bonds is 4. The molecule has 2 saturated heterocycles. The molecule has 3 aromatic rings. The van der Waals surface area contributed by atoms with Crippen molar-refractivity contribution in [3.63, 3.8) is 0 Å². The van der Waals surface area contributed by atoms with Gasteiger partial charge in [-0.15, -0.1) is 0 Å². The van der Waals surface area contributed by atoms with Gasteiger partial charge in [0.05, 0.1) is 11.7 Å². The minimum Gasteiger partial charge on any atom is -0.356 e. The maximum Gasteiger partial charge on any atom is 0.162 e. The number of nitrogens with zero attached hydrogens (tertiary/aromatic N) is 6. The van der Waals surface area contributed by atoms with Gasteiger partial charge in [0.1, 0.15) is 5.82 Å². The second-order valence-corrected chi connectivity index (χ2v) is 8.30. The van der Waals surface area contributed by atoms with Gasteiger partial charge >= 0.3 is 0 Å². The van der Waals surface area contributed by atoms with Crippen LogP contribution >= 0.6 is 0 Å². The van der Waals surface area contributed by atoms with Crippen LogP contribution in [0.1, 0.15) is 19.3 Å². The third-order valence-electron chi connectivity index (χ3n) is 6.50. The maximum atomic E-state index is 5.77. The standard InChI is InChI=1S/C22H27N7/c23-7-14-28-11-4-22(16-28)5-12-29(13-6-22)21-18-3-10-25-15-19(18)26-20(27-21)17-1-8-24-9-2-17/h1-3,8-10,15H,4-7,11-14,16,23H2. The molecule has 0 amide bonds. The number of anilines is 1. The molecular weight excluding hydrogens is 362 g/mol. The Labute approximate surface area is 171 Å². The number of piperidine rings is 1. The zero-order valence-electron chi connectivity index (χ0n) is 16.7. The fourth-order valence-electron chi connectivity index (χ4n) is 4.84. The van der Waals surface area contributed by atoms with Crippen molar-refractivity contribution >= 4 is 16.7 Å². The van der Waals surface area contributed by atoms with Crippen molar-refractivity contribution in [2.75, 3.05) is 44.2 Å². The van der Waals surface area contributed by atoms with E-state index in [2.05, 4.69) is 19.8 Å². The van der Waals surface area contributed by atoms with E-state index in [1.165, 1.54) is 32.4 Å². The summed E-state index contributed by atoms with van der Waals surface area (Å²) < 4.78 is 0. The highest BCUT2D eigenvalue weighted by Crippen LogP contribution is 2.41. The van der Waals surface area contributed by atoms with E-state index < -0.39 is 0 Å². The molecule has 5 heterocycles. The van der Waals surface area contributed by atoms with Crippen molar-refractivity contribution < 1.29 is 0 Å². The first-order chi connectivity index (χ1) is 14.3. The predicted octanol–water partition coefficient (Wildman–Crippen LogP) is 2.34. The molecule has 29 heavy (non-hydrogen) atoms. The molecule has 0 unspecified atom stereocenters. The van der Waals surface area contributed by atoms with Crippen LogP contribution in [0.4, 0.5) is 5.82 Å². The van der Waals surface area contributed by atoms with E-state index >= 15 is 0 Å². The van der Waals surface area contributed by atoms with Gasteiger partial charge in [-0.05, 0) is 49.4 Å². The van der Waals surface area contributed by atoms with Crippen molar-refractivity contribution in [3.8, 4) is 11.4 Å². The van der Waals surface area contributed by atoms with Gasteiger partial charge in [0, 0.05) is 62.3 Å². The lowest BCUT2D eigenvalue weighted by molar-refractivity contribution is 0.211. The normalized spacial score (nSPS) is 19.3. The van der Waals surface area contributed by atoms with Gasteiger partial charge in [-0.3, -0.25) is 9.97 Å². The fraction of sp³-hybridized carbons (Fsp3) is 0.455. The summed E-state index contributed by atoms with van der Waals surface area (Å²) in [6.07, 6.45) is 10.9. The van der Waals surface area contributed by atoms with Crippen LogP contribution in [0.5, 0.6) is 0 Å². The minimum atomic E-state index is 0.448. The third-order valence-corrected chi connectivity index (χ3v) is 6.50. The van der Waals surface area contributed by atoms with Gasteiger partial charge in [0.2, 0.25) is 0 Å². The van der Waals surface area contributed by atoms with Gasteiger partial charge in [-0.2, -0.15) is 0 Å². The number of hydrogen-bond acceptors (Lipinski definition) is 7. The number of aromatic nitrogens is 4. The second-order valence-electron chi connectivity index (χ2n) is 8.30. The van der Waals surface area contributed by atoms with Crippen molar-refractivity contribution in [1.29, 1.82) is 0 Å². The average molecular weight is 390 g/mol. The molecule has 2 N–H and O–H groups in total. The Bertz CT molecular complexity index is 983. The van der Waals surface area contributed by atoms with Crippen LogP contribution in [0.2, 0.25) is 0 Å². The number of nitrogens with two attached hydrogens (primary N) is 1. The molecule has 0 atom stereocenters. The highest BCUT2D eigenvalue weighted by atomic mass is 15.2. The molecule has 3 aromatic heterocycles. The molecule has 0 aliphatic carbocycles. The van der Waals surface area contributed by atoms with E-state index in [1.807, 2.05) is 30.6 Å². The highest BCUT2D eigenvalue weighted by Gasteiger charge is 2.40. The molecule has 7 heteroatoms. The molecule has 0 aromatic carbocycles. The third kappa shape index (κ3) is 3.56. The van der Waals surface area contributed by atoms with Crippen molar-refractivity contribution in [3.05, 3.63) is 43.0 Å². The van der Waals surface area contributed by atoms with E-state index in [9.17, 15) is 0 Å². The van der Waals surface area contributed by atoms with Crippen molar-refractivity contribution in [1.82, 2.24) is 24.8 Å². The molecule has 2 aliphatic rings. The first-order valence-corrected chi connectivity index (χ1v) is 10.5. The van der Waals surface area contributed by atoms with Crippen LogP contribution < -0.4 is 10.6 Å². The van der Waals surface area contributed by atoms with Crippen LogP contribution in [0.3, 0.4) is 0 Å². The molecule has 0 saturated carbocycles. The quantitative estimate of drug-likeness (QED) is 0.733. The van der Waals surface area contributed by atoms with Crippen LogP contribution in [0.15, 0.2) is 43.0 Å². The number of pyridine rings is 2. The topological polar surface area (TPSA) is 84.1 Å². The highest BCUT2D eigenvalue weighted by molar-refractivity contribution is 5.90. The second kappa shape index (κ2) is 7.65. The number of hydrogen-bond donors (Lipinski definition) is 1. The van der Waals surface area contributed by atoms with Crippen LogP contribution in [-0.4, -0.2) is 64.1 Å². The summed E-state index contributed by atoms with van der Waals surface area (Å²) in [5.41, 5.74) is 8.08. The molecule has 2 fully saturated rings. The van der Waals surface area contributed by atoms with Gasteiger partial charge in [-0.25, -0.2) is 9.97 Å². The monoisotopic (exact) mass is 389 g/mol. The molecule has 5 rings (SSSR count). The summed E-state index contributed by atoms with van der Waals surface area (Å²) >= 11 is 0. The maximum absolute atomic E-state index is 5.77. The Kier molecular flexibility index (Phi) is 4.85. The first-order valence-electron chi connectivity index (χ1n) is 10.5. The predicted molar refractivity (Wildman–Crippen MR) is 115 cm³/mol. The Balaban J connectivity index is 1.43. The largest absolute Gasteiger partial charge is 0.356 e. The zero-order valence-corrected chi connectivity index (χ0v) is 16.7. The Hall–Kier alpha value is -2.64. The minimum absolute atomic E-state index is 0.448. The summed E-state index contributed by atoms with van der Waals surface area (Å²) in [6, 6.07) is 5.94. The summed E-state index contributed by atoms with van der Waals surface area (Å²) in [5, 5.41) is 1.07. The van der Waals surface area contributed by atoms with E-state index in [0.29, 0.717) is 5.41 Å². The van der Waals surface area contributed by atoms with Gasteiger partial charge in [0.25, 0.3) is 0 Å². The summed E-state index contributed by atoms with van der Waals surface area (Å²) in [5.74, 6) is 1.76. The average Bonchev–Trinajstić information content (AvgIpc) is 3.16. The van der Waals surface area contributed by atoms with Gasteiger partial charge < -0.3 is 15.5 Å². The molecule has 0 bridgehead atoms. The Morgan fingerprint density at radius 3 is 2.48 bits per heavy atom. The van der Waals surface area contributed by atoms with Crippen LogP contribution in [0.25, 0.3) is 22.3 Å².